The van der Waals surface area contributed by atoms with Crippen LogP contribution in [0, 0.1) is 27.2 Å². The highest BCUT2D eigenvalue weighted by Crippen LogP contribution is 2.32. The normalized spacial score (nSPS) is 10.3. The molecule has 0 aliphatic carbocycles. The molecule has 2 rings (SSSR count). The van der Waals surface area contributed by atoms with Crippen LogP contribution < -0.4 is 4.90 Å². The van der Waals surface area contributed by atoms with E-state index in [0.29, 0.717) is 12.2 Å². The molecule has 7 nitrogen and oxygen atoms in total. The average Bonchev–Trinajstić information content (AvgIpc) is 2.48. The Balaban J connectivity index is 2.32. The summed E-state index contributed by atoms with van der Waals surface area (Å²) in [5, 5.41) is 21.9. The Morgan fingerprint density at radius 3 is 2.18 bits per heavy atom. The molecule has 114 valence electrons. The van der Waals surface area contributed by atoms with Crippen LogP contribution in [0.5, 0.6) is 0 Å². The van der Waals surface area contributed by atoms with Gasteiger partial charge in [0.25, 0.3) is 11.4 Å². The van der Waals surface area contributed by atoms with Gasteiger partial charge in [-0.3, -0.25) is 20.2 Å². The molecule has 0 heterocycles. The maximum absolute atomic E-state index is 11.2. The van der Waals surface area contributed by atoms with E-state index in [1.165, 1.54) is 12.1 Å². The molecule has 0 N–H and O–H groups in total. The average molecular weight is 301 g/mol. The minimum atomic E-state index is -0.642. The third kappa shape index (κ3) is 3.38. The van der Waals surface area contributed by atoms with Crippen molar-refractivity contribution < 1.29 is 9.85 Å². The Labute approximate surface area is 127 Å². The van der Waals surface area contributed by atoms with Gasteiger partial charge in [-0.05, 0) is 18.6 Å². The molecule has 0 unspecified atom stereocenters. The second kappa shape index (κ2) is 6.21. The Bertz CT molecular complexity index is 713. The fourth-order valence-corrected chi connectivity index (χ4v) is 2.15. The standard InChI is InChI=1S/C15H15N3O4/c1-11-3-5-12(6-4-11)10-16(2)14-8-7-13(17(19)20)9-15(14)18(21)22/h3-9H,10H2,1-2H3. The topological polar surface area (TPSA) is 89.5 Å². The zero-order chi connectivity index (χ0) is 16.3. The van der Waals surface area contributed by atoms with Crippen LogP contribution in [0.25, 0.3) is 0 Å². The lowest BCUT2D eigenvalue weighted by Crippen LogP contribution is -2.17. The first-order valence-corrected chi connectivity index (χ1v) is 6.58. The second-order valence-corrected chi connectivity index (χ2v) is 5.03. The lowest BCUT2D eigenvalue weighted by atomic mass is 10.1. The van der Waals surface area contributed by atoms with E-state index in [4.69, 9.17) is 0 Å². The van der Waals surface area contributed by atoms with E-state index in [1.807, 2.05) is 31.2 Å². The highest BCUT2D eigenvalue weighted by Gasteiger charge is 2.21. The Morgan fingerprint density at radius 1 is 1.00 bits per heavy atom. The Hall–Kier alpha value is -2.96. The van der Waals surface area contributed by atoms with Crippen molar-refractivity contribution in [3.05, 3.63) is 73.8 Å². The smallest absolute Gasteiger partial charge is 0.299 e. The van der Waals surface area contributed by atoms with Gasteiger partial charge in [-0.25, -0.2) is 0 Å². The monoisotopic (exact) mass is 301 g/mol. The molecular weight excluding hydrogens is 286 g/mol. The van der Waals surface area contributed by atoms with Crippen molar-refractivity contribution in [3.8, 4) is 0 Å². The molecule has 22 heavy (non-hydrogen) atoms. The number of aryl methyl sites for hydroxylation is 1. The van der Waals surface area contributed by atoms with Crippen LogP contribution in [0.2, 0.25) is 0 Å². The molecule has 0 amide bonds. The summed E-state index contributed by atoms with van der Waals surface area (Å²) in [5.41, 5.74) is 1.91. The van der Waals surface area contributed by atoms with Crippen LogP contribution in [-0.4, -0.2) is 16.9 Å². The van der Waals surface area contributed by atoms with Crippen LogP contribution in [0.3, 0.4) is 0 Å². The number of nitrogens with zero attached hydrogens (tertiary/aromatic N) is 3. The maximum atomic E-state index is 11.2. The van der Waals surface area contributed by atoms with Crippen molar-refractivity contribution in [2.45, 2.75) is 13.5 Å². The van der Waals surface area contributed by atoms with Crippen LogP contribution in [-0.2, 0) is 6.54 Å². The van der Waals surface area contributed by atoms with E-state index in [2.05, 4.69) is 0 Å². The van der Waals surface area contributed by atoms with Crippen molar-refractivity contribution in [1.82, 2.24) is 0 Å². The van der Waals surface area contributed by atoms with Crippen LogP contribution in [0.15, 0.2) is 42.5 Å². The van der Waals surface area contributed by atoms with Crippen molar-refractivity contribution in [2.24, 2.45) is 0 Å². The highest BCUT2D eigenvalue weighted by atomic mass is 16.6. The molecule has 0 aliphatic heterocycles. The summed E-state index contributed by atoms with van der Waals surface area (Å²) in [5.74, 6) is 0. The molecule has 2 aromatic carbocycles. The van der Waals surface area contributed by atoms with Gasteiger partial charge in [-0.2, -0.15) is 0 Å². The first-order valence-electron chi connectivity index (χ1n) is 6.58. The molecule has 0 saturated heterocycles. The van der Waals surface area contributed by atoms with Crippen LogP contribution >= 0.6 is 0 Å². The fourth-order valence-electron chi connectivity index (χ4n) is 2.15. The summed E-state index contributed by atoms with van der Waals surface area (Å²) in [7, 11) is 1.72. The number of anilines is 1. The number of nitro benzene ring substituents is 2. The lowest BCUT2D eigenvalue weighted by Gasteiger charge is -2.19. The van der Waals surface area contributed by atoms with Gasteiger partial charge < -0.3 is 4.90 Å². The molecule has 0 aliphatic rings. The molecule has 0 spiro atoms. The van der Waals surface area contributed by atoms with Crippen LogP contribution in [0.1, 0.15) is 11.1 Å². The first kappa shape index (κ1) is 15.4. The zero-order valence-corrected chi connectivity index (χ0v) is 12.2. The molecular formula is C15H15N3O4. The summed E-state index contributed by atoms with van der Waals surface area (Å²) in [6, 6.07) is 11.5. The summed E-state index contributed by atoms with van der Waals surface area (Å²) in [4.78, 5) is 22.4. The predicted molar refractivity (Wildman–Crippen MR) is 83.0 cm³/mol. The summed E-state index contributed by atoms with van der Waals surface area (Å²) in [6.07, 6.45) is 0. The number of hydrogen-bond donors (Lipinski definition) is 0. The predicted octanol–water partition coefficient (Wildman–Crippen LogP) is 3.45. The summed E-state index contributed by atoms with van der Waals surface area (Å²) in [6.45, 7) is 2.45. The zero-order valence-electron chi connectivity index (χ0n) is 12.2. The Morgan fingerprint density at radius 2 is 1.64 bits per heavy atom. The summed E-state index contributed by atoms with van der Waals surface area (Å²) >= 11 is 0. The van der Waals surface area contributed by atoms with E-state index in [1.54, 1.807) is 11.9 Å². The van der Waals surface area contributed by atoms with Crippen molar-refractivity contribution in [3.63, 3.8) is 0 Å². The van der Waals surface area contributed by atoms with Crippen molar-refractivity contribution in [2.75, 3.05) is 11.9 Å². The first-order chi connectivity index (χ1) is 10.4. The largest absolute Gasteiger partial charge is 0.365 e. The van der Waals surface area contributed by atoms with Crippen molar-refractivity contribution >= 4 is 17.1 Å². The van der Waals surface area contributed by atoms with Gasteiger partial charge in [0, 0.05) is 19.7 Å². The minimum Gasteiger partial charge on any atom is -0.365 e. The fraction of sp³-hybridized carbons (Fsp3) is 0.200. The summed E-state index contributed by atoms with van der Waals surface area (Å²) < 4.78 is 0. The van der Waals surface area contributed by atoms with Gasteiger partial charge in [-0.1, -0.05) is 29.8 Å². The molecule has 0 bridgehead atoms. The quantitative estimate of drug-likeness (QED) is 0.623. The van der Waals surface area contributed by atoms with E-state index in [9.17, 15) is 20.2 Å². The molecule has 0 aromatic heterocycles. The van der Waals surface area contributed by atoms with Gasteiger partial charge in [0.1, 0.15) is 5.69 Å². The third-order valence-electron chi connectivity index (χ3n) is 3.32. The van der Waals surface area contributed by atoms with Gasteiger partial charge in [0.05, 0.1) is 15.9 Å². The second-order valence-electron chi connectivity index (χ2n) is 5.03. The Kier molecular flexibility index (Phi) is 4.36. The number of nitro groups is 2. The van der Waals surface area contributed by atoms with E-state index >= 15 is 0 Å². The molecule has 0 fully saturated rings. The molecule has 0 atom stereocenters. The van der Waals surface area contributed by atoms with Gasteiger partial charge in [0.15, 0.2) is 0 Å². The number of non-ortho nitro benzene ring substituents is 1. The van der Waals surface area contributed by atoms with Gasteiger partial charge >= 0.3 is 0 Å². The lowest BCUT2D eigenvalue weighted by molar-refractivity contribution is -0.393. The van der Waals surface area contributed by atoms with E-state index in [-0.39, 0.29) is 11.4 Å². The van der Waals surface area contributed by atoms with Gasteiger partial charge in [-0.15, -0.1) is 0 Å². The van der Waals surface area contributed by atoms with Crippen LogP contribution in [0.4, 0.5) is 17.1 Å². The maximum Gasteiger partial charge on any atom is 0.299 e. The number of rotatable bonds is 5. The number of hydrogen-bond acceptors (Lipinski definition) is 5. The molecule has 0 radical (unpaired) electrons. The van der Waals surface area contributed by atoms with E-state index < -0.39 is 9.85 Å². The molecule has 0 saturated carbocycles. The van der Waals surface area contributed by atoms with Crippen molar-refractivity contribution in [1.29, 1.82) is 0 Å². The van der Waals surface area contributed by atoms with Gasteiger partial charge in [0.2, 0.25) is 0 Å². The highest BCUT2D eigenvalue weighted by molar-refractivity contribution is 5.66. The van der Waals surface area contributed by atoms with E-state index in [0.717, 1.165) is 17.2 Å². The minimum absolute atomic E-state index is 0.274. The third-order valence-corrected chi connectivity index (χ3v) is 3.32. The SMILES string of the molecule is Cc1ccc(CN(C)c2ccc([N+](=O)[O-])cc2[N+](=O)[O-])cc1. The number of benzene rings is 2. The molecule has 2 aromatic rings. The molecule has 7 heteroatoms.